The van der Waals surface area contributed by atoms with Gasteiger partial charge in [0.1, 0.15) is 18.0 Å². The van der Waals surface area contributed by atoms with Crippen LogP contribution in [-0.4, -0.2) is 61.1 Å². The minimum absolute atomic E-state index is 0.289. The summed E-state index contributed by atoms with van der Waals surface area (Å²) in [5, 5.41) is 6.67. The molecule has 0 amide bonds. The van der Waals surface area contributed by atoms with Crippen LogP contribution in [0.1, 0.15) is 5.56 Å². The predicted molar refractivity (Wildman–Crippen MR) is 97.7 cm³/mol. The number of aromatic nitrogens is 2. The molecule has 138 valence electrons. The van der Waals surface area contributed by atoms with Gasteiger partial charge in [-0.25, -0.2) is 9.97 Å². The second-order valence-corrected chi connectivity index (χ2v) is 6.21. The summed E-state index contributed by atoms with van der Waals surface area (Å²) < 4.78 is 16.1. The molecule has 0 saturated carbocycles. The maximum atomic E-state index is 5.41. The number of anilines is 2. The molecule has 26 heavy (non-hydrogen) atoms. The molecule has 2 aliphatic heterocycles. The van der Waals surface area contributed by atoms with Crippen LogP contribution in [0.4, 0.5) is 11.6 Å². The van der Waals surface area contributed by atoms with Crippen LogP contribution >= 0.6 is 0 Å². The van der Waals surface area contributed by atoms with E-state index in [0.29, 0.717) is 6.54 Å². The lowest BCUT2D eigenvalue weighted by Gasteiger charge is -2.26. The van der Waals surface area contributed by atoms with Crippen LogP contribution < -0.4 is 20.1 Å². The molecule has 8 heteroatoms. The molecule has 2 aliphatic rings. The molecule has 0 radical (unpaired) electrons. The molecular weight excluding hydrogens is 334 g/mol. The topological polar surface area (TPSA) is 80.8 Å². The minimum Gasteiger partial charge on any atom is -0.454 e. The maximum Gasteiger partial charge on any atom is 0.231 e. The van der Waals surface area contributed by atoms with Gasteiger partial charge in [0.2, 0.25) is 6.79 Å². The van der Waals surface area contributed by atoms with Crippen molar-refractivity contribution in [3.8, 4) is 11.5 Å². The van der Waals surface area contributed by atoms with E-state index in [1.165, 1.54) is 0 Å². The van der Waals surface area contributed by atoms with Gasteiger partial charge in [0.15, 0.2) is 11.5 Å². The van der Waals surface area contributed by atoms with Gasteiger partial charge in [0.05, 0.1) is 13.2 Å². The molecule has 0 unspecified atom stereocenters. The zero-order valence-electron chi connectivity index (χ0n) is 14.6. The fourth-order valence-electron chi connectivity index (χ4n) is 2.96. The molecule has 4 rings (SSSR count). The summed E-state index contributed by atoms with van der Waals surface area (Å²) in [4.78, 5) is 10.9. The van der Waals surface area contributed by atoms with Gasteiger partial charge in [0, 0.05) is 38.8 Å². The fourth-order valence-corrected chi connectivity index (χ4v) is 2.96. The van der Waals surface area contributed by atoms with E-state index in [1.54, 1.807) is 6.33 Å². The van der Waals surface area contributed by atoms with Gasteiger partial charge in [0.25, 0.3) is 0 Å². The predicted octanol–water partition coefficient (Wildman–Crippen LogP) is 1.56. The van der Waals surface area contributed by atoms with Crippen molar-refractivity contribution in [1.82, 2.24) is 14.9 Å². The van der Waals surface area contributed by atoms with Crippen LogP contribution in [0, 0.1) is 0 Å². The zero-order valence-corrected chi connectivity index (χ0v) is 14.6. The summed E-state index contributed by atoms with van der Waals surface area (Å²) in [6.07, 6.45) is 1.57. The number of hydrogen-bond acceptors (Lipinski definition) is 8. The average molecular weight is 357 g/mol. The average Bonchev–Trinajstić information content (AvgIpc) is 3.15. The largest absolute Gasteiger partial charge is 0.454 e. The Morgan fingerprint density at radius 3 is 2.65 bits per heavy atom. The molecule has 0 spiro atoms. The lowest BCUT2D eigenvalue weighted by molar-refractivity contribution is 0.0398. The number of hydrogen-bond donors (Lipinski definition) is 2. The van der Waals surface area contributed by atoms with Crippen LogP contribution in [0.5, 0.6) is 11.5 Å². The number of nitrogens with one attached hydrogen (secondary N) is 2. The van der Waals surface area contributed by atoms with E-state index in [1.807, 2.05) is 24.3 Å². The Morgan fingerprint density at radius 2 is 1.77 bits per heavy atom. The van der Waals surface area contributed by atoms with Gasteiger partial charge < -0.3 is 24.8 Å². The molecule has 1 fully saturated rings. The fraction of sp³-hybridized carbons (Fsp3) is 0.444. The molecular formula is C18H23N5O3. The van der Waals surface area contributed by atoms with Crippen LogP contribution in [-0.2, 0) is 11.3 Å². The van der Waals surface area contributed by atoms with Crippen molar-refractivity contribution in [3.63, 3.8) is 0 Å². The van der Waals surface area contributed by atoms with E-state index >= 15 is 0 Å². The molecule has 0 bridgehead atoms. The third-order valence-corrected chi connectivity index (χ3v) is 4.42. The van der Waals surface area contributed by atoms with Crippen molar-refractivity contribution in [2.45, 2.75) is 6.54 Å². The van der Waals surface area contributed by atoms with Crippen molar-refractivity contribution in [1.29, 1.82) is 0 Å². The van der Waals surface area contributed by atoms with Gasteiger partial charge in [-0.15, -0.1) is 0 Å². The summed E-state index contributed by atoms with van der Waals surface area (Å²) in [5.74, 6) is 3.19. The minimum atomic E-state index is 0.289. The molecule has 1 aromatic carbocycles. The summed E-state index contributed by atoms with van der Waals surface area (Å²) in [6.45, 7) is 6.40. The number of fused-ring (bicyclic) bond motifs is 1. The van der Waals surface area contributed by atoms with Gasteiger partial charge in [-0.2, -0.15) is 0 Å². The third-order valence-electron chi connectivity index (χ3n) is 4.42. The molecule has 1 saturated heterocycles. The Labute approximate surface area is 152 Å². The highest BCUT2D eigenvalue weighted by Gasteiger charge is 2.13. The Bertz CT molecular complexity index is 737. The first-order valence-electron chi connectivity index (χ1n) is 8.85. The number of nitrogens with zero attached hydrogens (tertiary/aromatic N) is 3. The van der Waals surface area contributed by atoms with E-state index < -0.39 is 0 Å². The Morgan fingerprint density at radius 1 is 0.962 bits per heavy atom. The SMILES string of the molecule is c1nc(NCCN2CCOCC2)cc(NCc2ccc3c(c2)OCO3)n1. The number of benzene rings is 1. The Hall–Kier alpha value is -2.58. The van der Waals surface area contributed by atoms with Crippen LogP contribution in [0.15, 0.2) is 30.6 Å². The van der Waals surface area contributed by atoms with Crippen LogP contribution in [0.3, 0.4) is 0 Å². The smallest absolute Gasteiger partial charge is 0.231 e. The van der Waals surface area contributed by atoms with Crippen molar-refractivity contribution < 1.29 is 14.2 Å². The lowest BCUT2D eigenvalue weighted by Crippen LogP contribution is -2.39. The zero-order chi connectivity index (χ0) is 17.6. The van der Waals surface area contributed by atoms with Gasteiger partial charge in [-0.3, -0.25) is 4.90 Å². The normalized spacial score (nSPS) is 16.5. The number of rotatable bonds is 7. The van der Waals surface area contributed by atoms with Gasteiger partial charge >= 0.3 is 0 Å². The molecule has 8 nitrogen and oxygen atoms in total. The van der Waals surface area contributed by atoms with Crippen molar-refractivity contribution in [2.75, 3.05) is 56.8 Å². The summed E-state index contributed by atoms with van der Waals surface area (Å²) >= 11 is 0. The molecule has 1 aromatic heterocycles. The highest BCUT2D eigenvalue weighted by Crippen LogP contribution is 2.32. The van der Waals surface area contributed by atoms with E-state index in [0.717, 1.165) is 68.1 Å². The third kappa shape index (κ3) is 4.33. The van der Waals surface area contributed by atoms with Crippen molar-refractivity contribution in [2.24, 2.45) is 0 Å². The summed E-state index contributed by atoms with van der Waals surface area (Å²) in [6, 6.07) is 7.85. The first-order valence-corrected chi connectivity index (χ1v) is 8.85. The maximum absolute atomic E-state index is 5.41. The molecule has 0 atom stereocenters. The first kappa shape index (κ1) is 16.9. The van der Waals surface area contributed by atoms with Crippen LogP contribution in [0.2, 0.25) is 0 Å². The number of morpholine rings is 1. The van der Waals surface area contributed by atoms with Crippen molar-refractivity contribution >= 4 is 11.6 Å². The van der Waals surface area contributed by atoms with Crippen molar-refractivity contribution in [3.05, 3.63) is 36.2 Å². The van der Waals surface area contributed by atoms with Crippen LogP contribution in [0.25, 0.3) is 0 Å². The molecule has 2 aromatic rings. The van der Waals surface area contributed by atoms with Gasteiger partial charge in [-0.1, -0.05) is 6.07 Å². The Balaban J connectivity index is 1.27. The first-order chi connectivity index (χ1) is 12.9. The highest BCUT2D eigenvalue weighted by molar-refractivity contribution is 5.48. The van der Waals surface area contributed by atoms with Gasteiger partial charge in [-0.05, 0) is 17.7 Å². The molecule has 2 N–H and O–H groups in total. The summed E-state index contributed by atoms with van der Waals surface area (Å²) in [7, 11) is 0. The second kappa shape index (κ2) is 8.20. The standard InChI is InChI=1S/C18H23N5O3/c1-2-15-16(26-13-25-15)9-14(1)11-20-18-10-17(21-12-22-18)19-3-4-23-5-7-24-8-6-23/h1-2,9-10,12H,3-8,11,13H2,(H2,19,20,21,22). The monoisotopic (exact) mass is 357 g/mol. The van der Waals surface area contributed by atoms with E-state index in [-0.39, 0.29) is 6.79 Å². The highest BCUT2D eigenvalue weighted by atomic mass is 16.7. The number of ether oxygens (including phenoxy) is 3. The quantitative estimate of drug-likeness (QED) is 0.773. The lowest BCUT2D eigenvalue weighted by atomic mass is 10.2. The Kier molecular flexibility index (Phi) is 5.32. The van der Waals surface area contributed by atoms with E-state index in [4.69, 9.17) is 14.2 Å². The summed E-state index contributed by atoms with van der Waals surface area (Å²) in [5.41, 5.74) is 1.11. The second-order valence-electron chi connectivity index (χ2n) is 6.21. The van der Waals surface area contributed by atoms with E-state index in [9.17, 15) is 0 Å². The van der Waals surface area contributed by atoms with E-state index in [2.05, 4.69) is 25.5 Å². The molecule has 3 heterocycles. The molecule has 0 aliphatic carbocycles.